The van der Waals surface area contributed by atoms with Crippen molar-refractivity contribution in [1.29, 1.82) is 0 Å². The van der Waals surface area contributed by atoms with Gasteiger partial charge >= 0.3 is 5.97 Å². The molecule has 0 atom stereocenters. The second-order valence-electron chi connectivity index (χ2n) is 3.50. The quantitative estimate of drug-likeness (QED) is 0.880. The number of anilines is 2. The Morgan fingerprint density at radius 1 is 1.47 bits per heavy atom. The zero-order valence-electron chi connectivity index (χ0n) is 9.01. The van der Waals surface area contributed by atoms with Gasteiger partial charge in [0.2, 0.25) is 0 Å². The maximum atomic E-state index is 10.8. The Bertz CT molecular complexity index is 566. The summed E-state index contributed by atoms with van der Waals surface area (Å²) < 4.78 is 1.66. The monoisotopic (exact) mass is 251 g/mol. The van der Waals surface area contributed by atoms with Crippen LogP contribution in [0.25, 0.3) is 0 Å². The Morgan fingerprint density at radius 2 is 2.24 bits per heavy atom. The number of hydrogen-bond acceptors (Lipinski definition) is 3. The van der Waals surface area contributed by atoms with Gasteiger partial charge in [0.15, 0.2) is 5.82 Å². The van der Waals surface area contributed by atoms with Crippen LogP contribution in [0, 0.1) is 0 Å². The molecule has 0 spiro atoms. The highest BCUT2D eigenvalue weighted by Gasteiger charge is 2.09. The summed E-state index contributed by atoms with van der Waals surface area (Å²) in [7, 11) is 1.81. The van der Waals surface area contributed by atoms with Crippen molar-refractivity contribution >= 4 is 29.1 Å². The van der Waals surface area contributed by atoms with Crippen molar-refractivity contribution in [2.45, 2.75) is 0 Å². The van der Waals surface area contributed by atoms with Crippen molar-refractivity contribution in [2.75, 3.05) is 5.32 Å². The van der Waals surface area contributed by atoms with E-state index in [-0.39, 0.29) is 10.6 Å². The molecule has 0 aliphatic heterocycles. The van der Waals surface area contributed by atoms with E-state index in [1.807, 2.05) is 7.05 Å². The number of carboxylic acid groups (broad SMARTS) is 1. The molecule has 0 unspecified atom stereocenters. The summed E-state index contributed by atoms with van der Waals surface area (Å²) in [6.45, 7) is 0. The van der Waals surface area contributed by atoms with Gasteiger partial charge in [-0.15, -0.1) is 0 Å². The summed E-state index contributed by atoms with van der Waals surface area (Å²) in [6.07, 6.45) is 1.80. The van der Waals surface area contributed by atoms with Crippen molar-refractivity contribution in [2.24, 2.45) is 7.05 Å². The fourth-order valence-electron chi connectivity index (χ4n) is 1.40. The molecular weight excluding hydrogens is 242 g/mol. The maximum absolute atomic E-state index is 10.8. The van der Waals surface area contributed by atoms with Crippen LogP contribution in [0.1, 0.15) is 10.4 Å². The molecule has 0 radical (unpaired) electrons. The number of nitrogens with zero attached hydrogens (tertiary/aromatic N) is 2. The van der Waals surface area contributed by atoms with E-state index in [2.05, 4.69) is 10.4 Å². The fraction of sp³-hybridized carbons (Fsp3) is 0.0909. The third-order valence-electron chi connectivity index (χ3n) is 2.19. The lowest BCUT2D eigenvalue weighted by Crippen LogP contribution is -1.99. The van der Waals surface area contributed by atoms with Crippen LogP contribution in [0.4, 0.5) is 11.5 Å². The van der Waals surface area contributed by atoms with Crippen LogP contribution in [0.2, 0.25) is 5.02 Å². The Hall–Kier alpha value is -2.01. The number of benzene rings is 1. The Labute approximate surface area is 103 Å². The third-order valence-corrected chi connectivity index (χ3v) is 2.50. The zero-order valence-corrected chi connectivity index (χ0v) is 9.77. The molecule has 2 N–H and O–H groups in total. The van der Waals surface area contributed by atoms with Crippen molar-refractivity contribution < 1.29 is 9.90 Å². The molecule has 1 aromatic heterocycles. The van der Waals surface area contributed by atoms with E-state index in [9.17, 15) is 4.79 Å². The van der Waals surface area contributed by atoms with Gasteiger partial charge in [-0.05, 0) is 18.2 Å². The first kappa shape index (κ1) is 11.5. The van der Waals surface area contributed by atoms with E-state index in [1.165, 1.54) is 6.07 Å². The molecule has 17 heavy (non-hydrogen) atoms. The van der Waals surface area contributed by atoms with Crippen LogP contribution < -0.4 is 5.32 Å². The number of aromatic carboxylic acids is 1. The average Bonchev–Trinajstić information content (AvgIpc) is 2.63. The Balaban J connectivity index is 2.23. The van der Waals surface area contributed by atoms with E-state index in [1.54, 1.807) is 29.1 Å². The molecule has 0 saturated heterocycles. The normalized spacial score (nSPS) is 10.2. The number of rotatable bonds is 3. The number of nitrogens with one attached hydrogen (secondary N) is 1. The van der Waals surface area contributed by atoms with Gasteiger partial charge in [-0.25, -0.2) is 4.79 Å². The van der Waals surface area contributed by atoms with Crippen molar-refractivity contribution in [3.05, 3.63) is 41.0 Å². The Morgan fingerprint density at radius 3 is 2.76 bits per heavy atom. The molecule has 88 valence electrons. The number of hydrogen-bond donors (Lipinski definition) is 2. The number of halogens is 1. The van der Waals surface area contributed by atoms with Gasteiger partial charge in [0, 0.05) is 25.0 Å². The van der Waals surface area contributed by atoms with E-state index >= 15 is 0 Å². The van der Waals surface area contributed by atoms with E-state index in [4.69, 9.17) is 16.7 Å². The summed E-state index contributed by atoms with van der Waals surface area (Å²) >= 11 is 5.85. The Kier molecular flexibility index (Phi) is 3.01. The first-order valence-electron chi connectivity index (χ1n) is 4.86. The highest BCUT2D eigenvalue weighted by Crippen LogP contribution is 2.23. The SMILES string of the molecule is Cn1ccc(Nc2ccc(C(=O)O)c(Cl)c2)n1. The van der Waals surface area contributed by atoms with Gasteiger partial charge in [-0.1, -0.05) is 11.6 Å². The van der Waals surface area contributed by atoms with Crippen molar-refractivity contribution in [3.63, 3.8) is 0 Å². The van der Waals surface area contributed by atoms with Crippen LogP contribution >= 0.6 is 11.6 Å². The summed E-state index contributed by atoms with van der Waals surface area (Å²) in [5, 5.41) is 16.2. The van der Waals surface area contributed by atoms with Gasteiger partial charge in [0.05, 0.1) is 10.6 Å². The minimum absolute atomic E-state index is 0.0817. The minimum atomic E-state index is -1.04. The van der Waals surface area contributed by atoms with Crippen molar-refractivity contribution in [3.8, 4) is 0 Å². The summed E-state index contributed by atoms with van der Waals surface area (Å²) in [4.78, 5) is 10.8. The minimum Gasteiger partial charge on any atom is -0.478 e. The topological polar surface area (TPSA) is 67.2 Å². The molecule has 2 rings (SSSR count). The van der Waals surface area contributed by atoms with Crippen LogP contribution in [0.3, 0.4) is 0 Å². The van der Waals surface area contributed by atoms with Gasteiger partial charge in [-0.3, -0.25) is 4.68 Å². The summed E-state index contributed by atoms with van der Waals surface area (Å²) in [5.41, 5.74) is 0.775. The van der Waals surface area contributed by atoms with Gasteiger partial charge in [0.25, 0.3) is 0 Å². The van der Waals surface area contributed by atoms with Gasteiger partial charge < -0.3 is 10.4 Å². The lowest BCUT2D eigenvalue weighted by Gasteiger charge is -2.05. The molecule has 0 bridgehead atoms. The molecule has 5 nitrogen and oxygen atoms in total. The molecular formula is C11H10ClN3O2. The second-order valence-corrected chi connectivity index (χ2v) is 3.91. The third kappa shape index (κ3) is 2.57. The van der Waals surface area contributed by atoms with Crippen LogP contribution in [0.15, 0.2) is 30.5 Å². The number of carboxylic acids is 1. The highest BCUT2D eigenvalue weighted by molar-refractivity contribution is 6.33. The molecule has 0 aliphatic rings. The van der Waals surface area contributed by atoms with Gasteiger partial charge in [-0.2, -0.15) is 5.10 Å². The lowest BCUT2D eigenvalue weighted by atomic mass is 10.2. The number of aryl methyl sites for hydroxylation is 1. The zero-order chi connectivity index (χ0) is 12.4. The standard InChI is InChI=1S/C11H10ClN3O2/c1-15-5-4-10(14-15)13-7-2-3-8(11(16)17)9(12)6-7/h2-6H,1H3,(H,13,14)(H,16,17). The molecule has 2 aromatic rings. The average molecular weight is 252 g/mol. The molecule has 0 fully saturated rings. The van der Waals surface area contributed by atoms with Crippen molar-refractivity contribution in [1.82, 2.24) is 9.78 Å². The van der Waals surface area contributed by atoms with Crippen LogP contribution in [-0.2, 0) is 7.05 Å². The van der Waals surface area contributed by atoms with Crippen LogP contribution in [0.5, 0.6) is 0 Å². The molecule has 6 heteroatoms. The smallest absolute Gasteiger partial charge is 0.337 e. The predicted octanol–water partition coefficient (Wildman–Crippen LogP) is 2.52. The van der Waals surface area contributed by atoms with E-state index < -0.39 is 5.97 Å². The largest absolute Gasteiger partial charge is 0.478 e. The van der Waals surface area contributed by atoms with Gasteiger partial charge in [0.1, 0.15) is 0 Å². The lowest BCUT2D eigenvalue weighted by molar-refractivity contribution is 0.0697. The molecule has 0 aliphatic carbocycles. The van der Waals surface area contributed by atoms with Crippen LogP contribution in [-0.4, -0.2) is 20.9 Å². The first-order chi connectivity index (χ1) is 8.06. The highest BCUT2D eigenvalue weighted by atomic mass is 35.5. The van der Waals surface area contributed by atoms with E-state index in [0.717, 1.165) is 0 Å². The number of carbonyl (C=O) groups is 1. The second kappa shape index (κ2) is 4.47. The predicted molar refractivity (Wildman–Crippen MR) is 64.9 cm³/mol. The summed E-state index contributed by atoms with van der Waals surface area (Å²) in [6, 6.07) is 6.46. The maximum Gasteiger partial charge on any atom is 0.337 e. The molecule has 0 amide bonds. The summed E-state index contributed by atoms with van der Waals surface area (Å²) in [5.74, 6) is -0.369. The fourth-order valence-corrected chi connectivity index (χ4v) is 1.66. The molecule has 1 aromatic carbocycles. The van der Waals surface area contributed by atoms with E-state index in [0.29, 0.717) is 11.5 Å². The molecule has 1 heterocycles. The number of aromatic nitrogens is 2. The molecule has 0 saturated carbocycles. The first-order valence-corrected chi connectivity index (χ1v) is 5.23.